The Morgan fingerprint density at radius 2 is 1.74 bits per heavy atom. The number of Topliss-reactive ketones (excluding diaryl/α,β-unsaturated/α-hetero) is 2. The number of allylic oxidation sites excluding steroid dienone is 1. The van der Waals surface area contributed by atoms with E-state index in [2.05, 4.69) is 0 Å². The number of hydrogen-bond acceptors (Lipinski definition) is 8. The van der Waals surface area contributed by atoms with E-state index < -0.39 is 87.6 Å². The number of aliphatic hydroxyl groups is 4. The number of fused-ring (bicyclic) bond motifs is 3. The number of phenols is 1. The van der Waals surface area contributed by atoms with Crippen LogP contribution in [0.4, 0.5) is 4.39 Å². The Balaban J connectivity index is 1.64. The normalized spacial score (nSPS) is 28.8. The van der Waals surface area contributed by atoms with Gasteiger partial charge in [-0.1, -0.05) is 43.3 Å². The second kappa shape index (κ2) is 8.64. The van der Waals surface area contributed by atoms with E-state index in [1.807, 2.05) is 0 Å². The highest BCUT2D eigenvalue weighted by Gasteiger charge is 2.64. The van der Waals surface area contributed by atoms with Gasteiger partial charge in [-0.25, -0.2) is 4.39 Å². The molecule has 0 unspecified atom stereocenters. The Labute approximate surface area is 215 Å². The number of carbonyl (C=O) groups is 3. The van der Waals surface area contributed by atoms with Crippen molar-refractivity contribution in [2.75, 3.05) is 0 Å². The van der Waals surface area contributed by atoms with E-state index in [1.54, 1.807) is 25.1 Å². The molecule has 2 aromatic carbocycles. The topological polar surface area (TPSA) is 178 Å². The molecular formula is C28H24FNO8. The van der Waals surface area contributed by atoms with Crippen LogP contribution in [-0.4, -0.2) is 54.7 Å². The highest BCUT2D eigenvalue weighted by Crippen LogP contribution is 2.55. The minimum absolute atomic E-state index is 0.178. The van der Waals surface area contributed by atoms with E-state index in [9.17, 15) is 44.3 Å². The van der Waals surface area contributed by atoms with Gasteiger partial charge in [-0.3, -0.25) is 14.4 Å². The van der Waals surface area contributed by atoms with Gasteiger partial charge >= 0.3 is 0 Å². The standard InChI is InChI=1S/C28H24FNO8/c1-11-15-9-6-13(5-2-12-3-7-14(29)8-4-12)22(32)19(15)24(34)21-18(11)23(33)16-10-17(31)20(27(30)37)25(35)28(16,38)26(21)36/h2-9,11,16,18,23,31-33,36,38H,10H2,1H3,(H2,30,37)/b5-2+/t11-,16+,18+,23+,28+/m0/s1. The quantitative estimate of drug-likeness (QED) is 0.263. The zero-order valence-corrected chi connectivity index (χ0v) is 20.1. The monoisotopic (exact) mass is 521 g/mol. The average molecular weight is 521 g/mol. The number of benzene rings is 2. The SMILES string of the molecule is C[C@H]1c2ccc(/C=C/c3ccc(F)cc3)c(O)c2C(=O)C2=C(O)[C@]3(O)C(=O)C(C(N)=O)=C(O)C[C@@H]3[C@@H](O)[C@@H]21. The second-order valence-corrected chi connectivity index (χ2v) is 9.84. The Morgan fingerprint density at radius 3 is 2.37 bits per heavy atom. The van der Waals surface area contributed by atoms with Crippen LogP contribution in [-0.2, 0) is 9.59 Å². The fourth-order valence-electron chi connectivity index (χ4n) is 5.91. The van der Waals surface area contributed by atoms with E-state index in [4.69, 9.17) is 5.73 Å². The molecule has 196 valence electrons. The Hall–Kier alpha value is -4.28. The predicted molar refractivity (Wildman–Crippen MR) is 132 cm³/mol. The first-order chi connectivity index (χ1) is 17.9. The average Bonchev–Trinajstić information content (AvgIpc) is 2.86. The van der Waals surface area contributed by atoms with Crippen LogP contribution in [0.1, 0.15) is 46.3 Å². The number of nitrogens with two attached hydrogens (primary N) is 1. The van der Waals surface area contributed by atoms with Crippen molar-refractivity contribution in [1.82, 2.24) is 0 Å². The number of aliphatic hydroxyl groups excluding tert-OH is 3. The van der Waals surface area contributed by atoms with Gasteiger partial charge in [0, 0.05) is 29.4 Å². The molecule has 0 spiro atoms. The van der Waals surface area contributed by atoms with Crippen molar-refractivity contribution in [2.24, 2.45) is 17.6 Å². The molecule has 5 rings (SSSR count). The van der Waals surface area contributed by atoms with Crippen molar-refractivity contribution in [3.63, 3.8) is 0 Å². The lowest BCUT2D eigenvalue weighted by molar-refractivity contribution is -0.154. The summed E-state index contributed by atoms with van der Waals surface area (Å²) in [6.07, 6.45) is 0.984. The van der Waals surface area contributed by atoms with Crippen LogP contribution in [0.5, 0.6) is 5.75 Å². The molecule has 7 N–H and O–H groups in total. The van der Waals surface area contributed by atoms with Crippen LogP contribution in [0.15, 0.2) is 59.1 Å². The molecule has 0 saturated carbocycles. The first kappa shape index (κ1) is 25.4. The maximum atomic E-state index is 13.7. The van der Waals surface area contributed by atoms with Gasteiger partial charge in [0.15, 0.2) is 11.4 Å². The van der Waals surface area contributed by atoms with Gasteiger partial charge in [-0.05, 0) is 29.2 Å². The van der Waals surface area contributed by atoms with E-state index in [0.29, 0.717) is 11.1 Å². The summed E-state index contributed by atoms with van der Waals surface area (Å²) < 4.78 is 13.2. The molecule has 0 heterocycles. The largest absolute Gasteiger partial charge is 0.511 e. The second-order valence-electron chi connectivity index (χ2n) is 9.84. The molecule has 0 bridgehead atoms. The summed E-state index contributed by atoms with van der Waals surface area (Å²) in [5, 5.41) is 55.1. The summed E-state index contributed by atoms with van der Waals surface area (Å²) in [7, 11) is 0. The molecule has 5 atom stereocenters. The third kappa shape index (κ3) is 3.41. The molecule has 0 saturated heterocycles. The number of carbonyl (C=O) groups excluding carboxylic acids is 3. The van der Waals surface area contributed by atoms with E-state index in [0.717, 1.165) is 0 Å². The lowest BCUT2D eigenvalue weighted by Gasteiger charge is -2.50. The molecular weight excluding hydrogens is 497 g/mol. The highest BCUT2D eigenvalue weighted by molar-refractivity contribution is 6.24. The van der Waals surface area contributed by atoms with Crippen LogP contribution in [0.2, 0.25) is 0 Å². The van der Waals surface area contributed by atoms with Crippen molar-refractivity contribution >= 4 is 29.6 Å². The van der Waals surface area contributed by atoms with Gasteiger partial charge in [0.25, 0.3) is 5.91 Å². The molecule has 38 heavy (non-hydrogen) atoms. The van der Waals surface area contributed by atoms with Gasteiger partial charge in [0.1, 0.15) is 28.7 Å². The third-order valence-corrected chi connectivity index (χ3v) is 7.86. The summed E-state index contributed by atoms with van der Waals surface area (Å²) in [5.41, 5.74) is 1.98. The smallest absolute Gasteiger partial charge is 0.255 e. The first-order valence-corrected chi connectivity index (χ1v) is 11.8. The van der Waals surface area contributed by atoms with E-state index in [-0.39, 0.29) is 11.1 Å². The lowest BCUT2D eigenvalue weighted by Crippen LogP contribution is -2.62. The van der Waals surface area contributed by atoms with Gasteiger partial charge < -0.3 is 31.3 Å². The summed E-state index contributed by atoms with van der Waals surface area (Å²) >= 11 is 0. The van der Waals surface area contributed by atoms with Gasteiger partial charge in [-0.2, -0.15) is 0 Å². The van der Waals surface area contributed by atoms with Gasteiger partial charge in [0.05, 0.1) is 11.7 Å². The van der Waals surface area contributed by atoms with Crippen molar-refractivity contribution in [3.8, 4) is 5.75 Å². The molecule has 0 aromatic heterocycles. The molecule has 9 nitrogen and oxygen atoms in total. The maximum absolute atomic E-state index is 13.7. The molecule has 1 amide bonds. The summed E-state index contributed by atoms with van der Waals surface area (Å²) in [5.74, 6) is -9.50. The summed E-state index contributed by atoms with van der Waals surface area (Å²) in [6.45, 7) is 1.65. The van der Waals surface area contributed by atoms with Gasteiger partial charge in [-0.15, -0.1) is 0 Å². The van der Waals surface area contributed by atoms with Crippen LogP contribution in [0.25, 0.3) is 12.2 Å². The highest BCUT2D eigenvalue weighted by atomic mass is 19.1. The van der Waals surface area contributed by atoms with Crippen LogP contribution in [0, 0.1) is 17.7 Å². The minimum Gasteiger partial charge on any atom is -0.511 e. The van der Waals surface area contributed by atoms with Gasteiger partial charge in [0.2, 0.25) is 5.78 Å². The number of amides is 1. The van der Waals surface area contributed by atoms with Crippen molar-refractivity contribution in [1.29, 1.82) is 0 Å². The van der Waals surface area contributed by atoms with Crippen LogP contribution < -0.4 is 5.73 Å². The molecule has 0 aliphatic heterocycles. The number of rotatable bonds is 3. The summed E-state index contributed by atoms with van der Waals surface area (Å²) in [4.78, 5) is 38.6. The molecule has 10 heteroatoms. The van der Waals surface area contributed by atoms with Crippen LogP contribution >= 0.6 is 0 Å². The predicted octanol–water partition coefficient (Wildman–Crippen LogP) is 2.42. The fourth-order valence-corrected chi connectivity index (χ4v) is 5.91. The number of aromatic hydroxyl groups is 1. The summed E-state index contributed by atoms with van der Waals surface area (Å²) in [6, 6.07) is 8.75. The molecule has 3 aliphatic rings. The molecule has 2 aromatic rings. The molecule has 3 aliphatic carbocycles. The maximum Gasteiger partial charge on any atom is 0.255 e. The Kier molecular flexibility index (Phi) is 5.77. The Morgan fingerprint density at radius 1 is 1.08 bits per heavy atom. The Bertz CT molecular complexity index is 1510. The van der Waals surface area contributed by atoms with E-state index in [1.165, 1.54) is 30.3 Å². The number of halogens is 1. The van der Waals surface area contributed by atoms with Crippen molar-refractivity contribution < 1.29 is 44.3 Å². The zero-order chi connectivity index (χ0) is 27.7. The van der Waals surface area contributed by atoms with Crippen molar-refractivity contribution in [2.45, 2.75) is 31.0 Å². The fraction of sp³-hybridized carbons (Fsp3) is 0.250. The van der Waals surface area contributed by atoms with E-state index >= 15 is 0 Å². The molecule has 0 radical (unpaired) electrons. The number of phenolic OH excluding ortho intramolecular Hbond substituents is 1. The zero-order valence-electron chi connectivity index (χ0n) is 20.1. The lowest BCUT2D eigenvalue weighted by atomic mass is 9.56. The number of primary amides is 1. The van der Waals surface area contributed by atoms with Crippen molar-refractivity contribution in [3.05, 3.63) is 87.1 Å². The number of hydrogen-bond donors (Lipinski definition) is 6. The van der Waals surface area contributed by atoms with Crippen LogP contribution in [0.3, 0.4) is 0 Å². The third-order valence-electron chi connectivity index (χ3n) is 7.86. The number of ketones is 2. The minimum atomic E-state index is -2.88. The first-order valence-electron chi connectivity index (χ1n) is 11.8. The molecule has 0 fully saturated rings.